The highest BCUT2D eigenvalue weighted by molar-refractivity contribution is 5.95. The second-order valence-electron chi connectivity index (χ2n) is 7.67. The molecule has 4 rings (SSSR count). The van der Waals surface area contributed by atoms with Gasteiger partial charge in [-0.3, -0.25) is 9.48 Å². The van der Waals surface area contributed by atoms with Crippen LogP contribution in [0.5, 0.6) is 5.75 Å². The first-order valence-electron chi connectivity index (χ1n) is 9.83. The number of aryl methyl sites for hydroxylation is 1. The van der Waals surface area contributed by atoms with Gasteiger partial charge in [0, 0.05) is 18.7 Å². The van der Waals surface area contributed by atoms with Gasteiger partial charge in [-0.1, -0.05) is 13.0 Å². The molecular formula is C21H27N3O3. The third-order valence-electron chi connectivity index (χ3n) is 5.76. The molecule has 0 spiro atoms. The van der Waals surface area contributed by atoms with Crippen molar-refractivity contribution in [2.45, 2.75) is 58.2 Å². The Morgan fingerprint density at radius 1 is 1.44 bits per heavy atom. The fourth-order valence-corrected chi connectivity index (χ4v) is 4.10. The maximum Gasteiger partial charge on any atom is 0.255 e. The molecule has 1 aliphatic carbocycles. The zero-order valence-electron chi connectivity index (χ0n) is 15.9. The van der Waals surface area contributed by atoms with Crippen LogP contribution in [-0.2, 0) is 13.0 Å². The summed E-state index contributed by atoms with van der Waals surface area (Å²) in [5, 5.41) is 17.3. The Morgan fingerprint density at radius 2 is 2.26 bits per heavy atom. The minimum atomic E-state index is -0.263. The molecule has 1 atom stereocenters. The fourth-order valence-electron chi connectivity index (χ4n) is 4.10. The first-order valence-corrected chi connectivity index (χ1v) is 9.83. The van der Waals surface area contributed by atoms with E-state index in [0.29, 0.717) is 25.0 Å². The summed E-state index contributed by atoms with van der Waals surface area (Å²) in [5.74, 6) is 1.09. The fraction of sp³-hybridized carbons (Fsp3) is 0.524. The Hall–Kier alpha value is -2.34. The molecule has 0 radical (unpaired) electrons. The summed E-state index contributed by atoms with van der Waals surface area (Å²) in [6.07, 6.45) is 4.70. The third kappa shape index (κ3) is 3.46. The highest BCUT2D eigenvalue weighted by Crippen LogP contribution is 2.40. The van der Waals surface area contributed by atoms with Gasteiger partial charge in [-0.15, -0.1) is 0 Å². The van der Waals surface area contributed by atoms with Crippen LogP contribution in [0.15, 0.2) is 24.4 Å². The number of nitrogens with zero attached hydrogens (tertiary/aromatic N) is 2. The molecule has 2 aromatic rings. The topological polar surface area (TPSA) is 76.4 Å². The lowest BCUT2D eigenvalue weighted by Crippen LogP contribution is -2.41. The number of amides is 1. The molecular weight excluding hydrogens is 342 g/mol. The summed E-state index contributed by atoms with van der Waals surface area (Å²) in [7, 11) is 0. The van der Waals surface area contributed by atoms with E-state index in [4.69, 9.17) is 4.74 Å². The number of fused-ring (bicyclic) bond motifs is 1. The molecule has 2 aliphatic rings. The zero-order valence-corrected chi connectivity index (χ0v) is 15.9. The van der Waals surface area contributed by atoms with Gasteiger partial charge in [0.25, 0.3) is 5.91 Å². The standard InChI is InChI=1S/C21H27N3O3/c1-3-7-24-13(2)18(12-22-24)21(26)23-20(16-10-17(25)11-16)15-4-5-19-14(9-15)6-8-27-19/h4-5,9,12,16-17,20,25H,3,6-8,10-11H2,1-2H3,(H,23,26)/t16?,17?,20-/m1/s1. The van der Waals surface area contributed by atoms with Crippen LogP contribution in [0.2, 0.25) is 0 Å². The lowest BCUT2D eigenvalue weighted by atomic mass is 9.74. The molecule has 6 nitrogen and oxygen atoms in total. The Kier molecular flexibility index (Phi) is 4.91. The van der Waals surface area contributed by atoms with Crippen molar-refractivity contribution in [2.75, 3.05) is 6.61 Å². The van der Waals surface area contributed by atoms with E-state index in [9.17, 15) is 9.90 Å². The average Bonchev–Trinajstić information content (AvgIpc) is 3.24. The van der Waals surface area contributed by atoms with E-state index in [0.717, 1.165) is 36.4 Å². The largest absolute Gasteiger partial charge is 0.493 e. The first kappa shape index (κ1) is 18.0. The number of nitrogens with one attached hydrogen (secondary N) is 1. The number of aliphatic hydroxyl groups excluding tert-OH is 1. The number of hydrogen-bond donors (Lipinski definition) is 2. The first-order chi connectivity index (χ1) is 13.1. The molecule has 0 unspecified atom stereocenters. The van der Waals surface area contributed by atoms with E-state index in [2.05, 4.69) is 23.4 Å². The quantitative estimate of drug-likeness (QED) is 0.821. The second kappa shape index (κ2) is 7.35. The lowest BCUT2D eigenvalue weighted by molar-refractivity contribution is 0.0235. The summed E-state index contributed by atoms with van der Waals surface area (Å²) in [6.45, 7) is 5.55. The van der Waals surface area contributed by atoms with Crippen molar-refractivity contribution in [3.05, 3.63) is 46.8 Å². The van der Waals surface area contributed by atoms with E-state index >= 15 is 0 Å². The molecule has 1 aromatic carbocycles. The summed E-state index contributed by atoms with van der Waals surface area (Å²) in [6, 6.07) is 6.07. The van der Waals surface area contributed by atoms with Crippen LogP contribution in [0.3, 0.4) is 0 Å². The number of rotatable bonds is 6. The molecule has 2 N–H and O–H groups in total. The normalized spacial score (nSPS) is 21.9. The van der Waals surface area contributed by atoms with Gasteiger partial charge in [-0.2, -0.15) is 5.10 Å². The molecule has 1 fully saturated rings. The molecule has 1 aromatic heterocycles. The number of ether oxygens (including phenoxy) is 1. The van der Waals surface area contributed by atoms with Crippen LogP contribution in [0.4, 0.5) is 0 Å². The number of aromatic nitrogens is 2. The van der Waals surface area contributed by atoms with E-state index in [-0.39, 0.29) is 24.0 Å². The monoisotopic (exact) mass is 369 g/mol. The van der Waals surface area contributed by atoms with Crippen LogP contribution in [0, 0.1) is 12.8 Å². The molecule has 0 bridgehead atoms. The van der Waals surface area contributed by atoms with Crippen molar-refractivity contribution in [2.24, 2.45) is 5.92 Å². The molecule has 2 heterocycles. The Balaban J connectivity index is 1.57. The van der Waals surface area contributed by atoms with E-state index < -0.39 is 0 Å². The van der Waals surface area contributed by atoms with Gasteiger partial charge in [0.2, 0.25) is 0 Å². The Labute approximate surface area is 159 Å². The Morgan fingerprint density at radius 3 is 3.00 bits per heavy atom. The molecule has 1 saturated carbocycles. The molecule has 144 valence electrons. The lowest BCUT2D eigenvalue weighted by Gasteiger charge is -2.38. The number of carbonyl (C=O) groups is 1. The average molecular weight is 369 g/mol. The van der Waals surface area contributed by atoms with Crippen molar-refractivity contribution in [3.8, 4) is 5.75 Å². The minimum Gasteiger partial charge on any atom is -0.493 e. The van der Waals surface area contributed by atoms with Crippen LogP contribution >= 0.6 is 0 Å². The van der Waals surface area contributed by atoms with Crippen molar-refractivity contribution in [3.63, 3.8) is 0 Å². The van der Waals surface area contributed by atoms with Crippen LogP contribution in [0.1, 0.15) is 59.4 Å². The van der Waals surface area contributed by atoms with Gasteiger partial charge in [0.1, 0.15) is 5.75 Å². The van der Waals surface area contributed by atoms with Crippen molar-refractivity contribution < 1.29 is 14.6 Å². The highest BCUT2D eigenvalue weighted by Gasteiger charge is 2.36. The summed E-state index contributed by atoms with van der Waals surface area (Å²) >= 11 is 0. The minimum absolute atomic E-state index is 0.0991. The number of aliphatic hydroxyl groups is 1. The van der Waals surface area contributed by atoms with Crippen LogP contribution in [-0.4, -0.2) is 33.5 Å². The number of benzene rings is 1. The van der Waals surface area contributed by atoms with Crippen LogP contribution < -0.4 is 10.1 Å². The SMILES string of the molecule is CCCn1ncc(C(=O)N[C@H](c2ccc3c(c2)CCO3)C2CC(O)C2)c1C. The predicted octanol–water partition coefficient (Wildman–Crippen LogP) is 2.78. The predicted molar refractivity (Wildman–Crippen MR) is 102 cm³/mol. The van der Waals surface area contributed by atoms with E-state index in [1.807, 2.05) is 23.7 Å². The number of hydrogen-bond acceptors (Lipinski definition) is 4. The Bertz CT molecular complexity index is 839. The third-order valence-corrected chi connectivity index (χ3v) is 5.76. The van der Waals surface area contributed by atoms with E-state index in [1.165, 1.54) is 5.56 Å². The van der Waals surface area contributed by atoms with Crippen molar-refractivity contribution in [1.29, 1.82) is 0 Å². The van der Waals surface area contributed by atoms with Crippen molar-refractivity contribution >= 4 is 5.91 Å². The van der Waals surface area contributed by atoms with Crippen LogP contribution in [0.25, 0.3) is 0 Å². The second-order valence-corrected chi connectivity index (χ2v) is 7.67. The molecule has 27 heavy (non-hydrogen) atoms. The summed E-state index contributed by atoms with van der Waals surface area (Å²) < 4.78 is 7.48. The maximum absolute atomic E-state index is 13.0. The summed E-state index contributed by atoms with van der Waals surface area (Å²) in [4.78, 5) is 13.0. The van der Waals surface area contributed by atoms with Gasteiger partial charge in [0.15, 0.2) is 0 Å². The van der Waals surface area contributed by atoms with Crippen molar-refractivity contribution in [1.82, 2.24) is 15.1 Å². The highest BCUT2D eigenvalue weighted by atomic mass is 16.5. The summed E-state index contributed by atoms with van der Waals surface area (Å²) in [5.41, 5.74) is 3.79. The van der Waals surface area contributed by atoms with Gasteiger partial charge in [-0.25, -0.2) is 0 Å². The van der Waals surface area contributed by atoms with Gasteiger partial charge >= 0.3 is 0 Å². The number of carbonyl (C=O) groups excluding carboxylic acids is 1. The van der Waals surface area contributed by atoms with Gasteiger partial charge in [-0.05, 0) is 55.4 Å². The molecule has 6 heteroatoms. The van der Waals surface area contributed by atoms with E-state index in [1.54, 1.807) is 6.20 Å². The molecule has 1 aliphatic heterocycles. The maximum atomic E-state index is 13.0. The molecule has 0 saturated heterocycles. The zero-order chi connectivity index (χ0) is 19.0. The van der Waals surface area contributed by atoms with Gasteiger partial charge in [0.05, 0.1) is 30.5 Å². The molecule has 1 amide bonds. The smallest absolute Gasteiger partial charge is 0.255 e. The van der Waals surface area contributed by atoms with Gasteiger partial charge < -0.3 is 15.2 Å².